The Hall–Kier alpha value is -1.56. The van der Waals surface area contributed by atoms with Crippen molar-refractivity contribution in [3.8, 4) is 5.75 Å². The quantitative estimate of drug-likeness (QED) is 0.720. The van der Waals surface area contributed by atoms with E-state index in [1.54, 1.807) is 31.4 Å². The highest BCUT2D eigenvalue weighted by atomic mass is 35.5. The number of methoxy groups -OCH3 is 1. The van der Waals surface area contributed by atoms with Crippen LogP contribution in [-0.2, 0) is 15.8 Å². The molecular formula is C20H26ClNO3S. The van der Waals surface area contributed by atoms with Gasteiger partial charge in [0.1, 0.15) is 5.75 Å². The zero-order valence-electron chi connectivity index (χ0n) is 15.8. The van der Waals surface area contributed by atoms with Crippen molar-refractivity contribution in [2.45, 2.75) is 45.4 Å². The molecule has 0 radical (unpaired) electrons. The molecule has 0 fully saturated rings. The van der Waals surface area contributed by atoms with Crippen molar-refractivity contribution < 1.29 is 13.2 Å². The lowest BCUT2D eigenvalue weighted by Gasteiger charge is -2.21. The van der Waals surface area contributed by atoms with Crippen LogP contribution in [0.5, 0.6) is 5.75 Å². The molecule has 0 amide bonds. The molecule has 1 atom stereocenters. The summed E-state index contributed by atoms with van der Waals surface area (Å²) < 4.78 is 33.4. The lowest BCUT2D eigenvalue weighted by atomic mass is 9.94. The Kier molecular flexibility index (Phi) is 6.72. The van der Waals surface area contributed by atoms with Gasteiger partial charge in [-0.3, -0.25) is 0 Å². The summed E-state index contributed by atoms with van der Waals surface area (Å²) in [5.74, 6) is 0.951. The van der Waals surface area contributed by atoms with Gasteiger partial charge >= 0.3 is 0 Å². The first-order valence-electron chi connectivity index (χ1n) is 8.56. The van der Waals surface area contributed by atoms with Gasteiger partial charge in [-0.15, -0.1) is 0 Å². The zero-order valence-corrected chi connectivity index (χ0v) is 17.4. The number of ether oxygens (including phenoxy) is 1. The van der Waals surface area contributed by atoms with Crippen LogP contribution in [-0.4, -0.2) is 15.5 Å². The number of hydrogen-bond acceptors (Lipinski definition) is 3. The summed E-state index contributed by atoms with van der Waals surface area (Å²) in [6.45, 7) is 7.98. The highest BCUT2D eigenvalue weighted by Gasteiger charge is 2.21. The minimum atomic E-state index is -3.54. The molecule has 4 nitrogen and oxygen atoms in total. The molecule has 26 heavy (non-hydrogen) atoms. The van der Waals surface area contributed by atoms with Crippen molar-refractivity contribution >= 4 is 21.6 Å². The van der Waals surface area contributed by atoms with Gasteiger partial charge in [-0.25, -0.2) is 13.1 Å². The topological polar surface area (TPSA) is 55.4 Å². The molecule has 0 saturated heterocycles. The molecule has 6 heteroatoms. The third-order valence-corrected chi connectivity index (χ3v) is 6.14. The summed E-state index contributed by atoms with van der Waals surface area (Å²) in [6, 6.07) is 10.6. The Bertz CT molecular complexity index is 879. The molecule has 2 aromatic carbocycles. The van der Waals surface area contributed by atoms with Crippen LogP contribution in [0.15, 0.2) is 36.4 Å². The molecule has 0 saturated carbocycles. The summed E-state index contributed by atoms with van der Waals surface area (Å²) in [5.41, 5.74) is 3.57. The second kappa shape index (κ2) is 8.42. The Morgan fingerprint density at radius 1 is 1.12 bits per heavy atom. The number of rotatable bonds is 7. The molecule has 2 rings (SSSR count). The van der Waals surface area contributed by atoms with E-state index in [0.717, 1.165) is 22.4 Å². The molecule has 0 unspecified atom stereocenters. The van der Waals surface area contributed by atoms with E-state index in [4.69, 9.17) is 16.3 Å². The highest BCUT2D eigenvalue weighted by Crippen LogP contribution is 2.32. The van der Waals surface area contributed by atoms with Gasteiger partial charge in [0.2, 0.25) is 10.0 Å². The van der Waals surface area contributed by atoms with Crippen molar-refractivity contribution in [1.82, 2.24) is 4.72 Å². The normalized spacial score (nSPS) is 13.0. The Balaban J connectivity index is 2.27. The van der Waals surface area contributed by atoms with Gasteiger partial charge in [0.05, 0.1) is 12.9 Å². The van der Waals surface area contributed by atoms with Crippen molar-refractivity contribution in [2.75, 3.05) is 7.11 Å². The van der Waals surface area contributed by atoms with E-state index in [1.165, 1.54) is 0 Å². The number of sulfonamides is 1. The summed E-state index contributed by atoms with van der Waals surface area (Å²) in [4.78, 5) is 0. The van der Waals surface area contributed by atoms with E-state index in [9.17, 15) is 8.42 Å². The molecule has 0 heterocycles. The second-order valence-electron chi connectivity index (χ2n) is 6.80. The summed E-state index contributed by atoms with van der Waals surface area (Å²) in [5, 5.41) is 0.452. The van der Waals surface area contributed by atoms with E-state index < -0.39 is 10.0 Å². The first-order chi connectivity index (χ1) is 12.1. The van der Waals surface area contributed by atoms with Crippen molar-refractivity contribution in [1.29, 1.82) is 0 Å². The molecule has 0 aliphatic heterocycles. The van der Waals surface area contributed by atoms with Gasteiger partial charge in [-0.05, 0) is 60.2 Å². The molecule has 0 aliphatic carbocycles. The number of nitrogens with one attached hydrogen (secondary N) is 1. The largest absolute Gasteiger partial charge is 0.496 e. The highest BCUT2D eigenvalue weighted by molar-refractivity contribution is 7.88. The van der Waals surface area contributed by atoms with Gasteiger partial charge in [-0.2, -0.15) is 0 Å². The van der Waals surface area contributed by atoms with Crippen molar-refractivity contribution in [3.63, 3.8) is 0 Å². The minimum Gasteiger partial charge on any atom is -0.496 e. The van der Waals surface area contributed by atoms with Crippen LogP contribution in [0.3, 0.4) is 0 Å². The summed E-state index contributed by atoms with van der Waals surface area (Å²) in [7, 11) is -1.89. The van der Waals surface area contributed by atoms with E-state index in [-0.39, 0.29) is 17.7 Å². The fourth-order valence-electron chi connectivity index (χ4n) is 3.00. The maximum atomic E-state index is 12.6. The van der Waals surface area contributed by atoms with Crippen LogP contribution in [0, 0.1) is 6.92 Å². The van der Waals surface area contributed by atoms with E-state index in [0.29, 0.717) is 10.6 Å². The Labute approximate surface area is 161 Å². The van der Waals surface area contributed by atoms with Crippen LogP contribution < -0.4 is 9.46 Å². The van der Waals surface area contributed by atoms with Crippen LogP contribution in [0.4, 0.5) is 0 Å². The average molecular weight is 396 g/mol. The van der Waals surface area contributed by atoms with E-state index >= 15 is 0 Å². The number of hydrogen-bond donors (Lipinski definition) is 1. The van der Waals surface area contributed by atoms with Crippen molar-refractivity contribution in [2.24, 2.45) is 0 Å². The molecule has 0 aliphatic rings. The third-order valence-electron chi connectivity index (χ3n) is 4.37. The molecule has 2 aromatic rings. The van der Waals surface area contributed by atoms with Crippen LogP contribution in [0.1, 0.15) is 55.0 Å². The standard InChI is InChI=1S/C20H26ClNO3S/c1-13(2)17-11-18(14(3)10-20(17)25-5)15(4)22-26(23,24)12-16-8-6-7-9-19(16)21/h6-11,13,15,22H,12H2,1-5H3/t15-/m0/s1. The minimum absolute atomic E-state index is 0.150. The molecule has 1 N–H and O–H groups in total. The van der Waals surface area contributed by atoms with Gasteiger partial charge < -0.3 is 4.74 Å². The van der Waals surface area contributed by atoms with Gasteiger partial charge in [0.15, 0.2) is 0 Å². The predicted molar refractivity (Wildman–Crippen MR) is 107 cm³/mol. The van der Waals surface area contributed by atoms with Crippen molar-refractivity contribution in [3.05, 3.63) is 63.7 Å². The predicted octanol–water partition coefficient (Wildman–Crippen LogP) is 4.96. The monoisotopic (exact) mass is 395 g/mol. The molecule has 0 bridgehead atoms. The molecule has 142 valence electrons. The Morgan fingerprint density at radius 3 is 2.35 bits per heavy atom. The van der Waals surface area contributed by atoms with Crippen LogP contribution >= 0.6 is 11.6 Å². The smallest absolute Gasteiger partial charge is 0.216 e. The third kappa shape index (κ3) is 5.00. The number of aryl methyl sites for hydroxylation is 1. The first kappa shape index (κ1) is 20.7. The molecule has 0 spiro atoms. The first-order valence-corrected chi connectivity index (χ1v) is 10.6. The number of halogens is 1. The maximum absolute atomic E-state index is 12.6. The Morgan fingerprint density at radius 2 is 1.77 bits per heavy atom. The second-order valence-corrected chi connectivity index (χ2v) is 8.96. The van der Waals surface area contributed by atoms with Crippen LogP contribution in [0.25, 0.3) is 0 Å². The van der Waals surface area contributed by atoms with Gasteiger partial charge in [-0.1, -0.05) is 43.6 Å². The van der Waals surface area contributed by atoms with Gasteiger partial charge in [0.25, 0.3) is 0 Å². The van der Waals surface area contributed by atoms with Crippen LogP contribution in [0.2, 0.25) is 5.02 Å². The van der Waals surface area contributed by atoms with E-state index in [1.807, 2.05) is 26.0 Å². The SMILES string of the molecule is COc1cc(C)c([C@H](C)NS(=O)(=O)Cc2ccccc2Cl)cc1C(C)C. The van der Waals surface area contributed by atoms with E-state index in [2.05, 4.69) is 18.6 Å². The number of benzene rings is 2. The summed E-state index contributed by atoms with van der Waals surface area (Å²) >= 11 is 6.09. The summed E-state index contributed by atoms with van der Waals surface area (Å²) in [6.07, 6.45) is 0. The zero-order chi connectivity index (χ0) is 19.5. The fraction of sp³-hybridized carbons (Fsp3) is 0.400. The maximum Gasteiger partial charge on any atom is 0.216 e. The van der Waals surface area contributed by atoms with Gasteiger partial charge in [0, 0.05) is 11.1 Å². The lowest BCUT2D eigenvalue weighted by Crippen LogP contribution is -2.28. The lowest BCUT2D eigenvalue weighted by molar-refractivity contribution is 0.406. The molecular weight excluding hydrogens is 370 g/mol. The average Bonchev–Trinajstić information content (AvgIpc) is 2.55. The molecule has 0 aromatic heterocycles. The fourth-order valence-corrected chi connectivity index (χ4v) is 4.70.